The van der Waals surface area contributed by atoms with Crippen molar-refractivity contribution in [3.05, 3.63) is 11.9 Å². The second-order valence-electron chi connectivity index (χ2n) is 6.37. The predicted octanol–water partition coefficient (Wildman–Crippen LogP) is 2.87. The molecule has 0 bridgehead atoms. The van der Waals surface area contributed by atoms with E-state index in [1.54, 1.807) is 0 Å². The van der Waals surface area contributed by atoms with Gasteiger partial charge in [0.05, 0.1) is 0 Å². The number of nitrogens with two attached hydrogens (primary N) is 1. The zero-order valence-corrected chi connectivity index (χ0v) is 13.0. The van der Waals surface area contributed by atoms with Gasteiger partial charge in [-0.05, 0) is 38.0 Å². The molecule has 21 heavy (non-hydrogen) atoms. The molecular formula is C16H27N5. The Morgan fingerprint density at radius 3 is 2.76 bits per heavy atom. The Morgan fingerprint density at radius 1 is 1.24 bits per heavy atom. The molecule has 3 rings (SSSR count). The lowest BCUT2D eigenvalue weighted by Gasteiger charge is -2.30. The minimum atomic E-state index is 0.669. The largest absolute Gasteiger partial charge is 0.353 e. The lowest BCUT2D eigenvalue weighted by atomic mass is 9.96. The first-order valence-electron chi connectivity index (χ1n) is 8.43. The number of nitrogens with zero attached hydrogens (tertiary/aromatic N) is 3. The summed E-state index contributed by atoms with van der Waals surface area (Å²) in [6.45, 7) is 3.27. The van der Waals surface area contributed by atoms with Crippen LogP contribution in [0.3, 0.4) is 0 Å². The summed E-state index contributed by atoms with van der Waals surface area (Å²) in [5.74, 6) is 9.14. The van der Waals surface area contributed by atoms with Crippen LogP contribution < -0.4 is 16.2 Å². The van der Waals surface area contributed by atoms with E-state index in [-0.39, 0.29) is 0 Å². The van der Waals surface area contributed by atoms with Gasteiger partial charge in [0.15, 0.2) is 0 Å². The molecule has 0 amide bonds. The third-order valence-corrected chi connectivity index (χ3v) is 4.92. The van der Waals surface area contributed by atoms with Crippen LogP contribution >= 0.6 is 0 Å². The first-order chi connectivity index (χ1) is 10.3. The molecule has 0 spiro atoms. The van der Waals surface area contributed by atoms with Gasteiger partial charge >= 0.3 is 0 Å². The van der Waals surface area contributed by atoms with E-state index in [0.717, 1.165) is 42.8 Å². The molecule has 1 atom stereocenters. The Bertz CT molecular complexity index is 470. The maximum absolute atomic E-state index is 5.58. The molecule has 1 aliphatic heterocycles. The van der Waals surface area contributed by atoms with Crippen LogP contribution in [0.5, 0.6) is 0 Å². The minimum absolute atomic E-state index is 0.669. The van der Waals surface area contributed by atoms with Crippen molar-refractivity contribution in [2.24, 2.45) is 11.8 Å². The maximum Gasteiger partial charge on any atom is 0.145 e. The van der Waals surface area contributed by atoms with Crippen LogP contribution in [0, 0.1) is 5.92 Å². The molecule has 116 valence electrons. The monoisotopic (exact) mass is 289 g/mol. The van der Waals surface area contributed by atoms with Gasteiger partial charge in [-0.15, -0.1) is 0 Å². The molecule has 1 aliphatic carbocycles. The molecule has 2 fully saturated rings. The Morgan fingerprint density at radius 2 is 2.05 bits per heavy atom. The average molecular weight is 289 g/mol. The molecule has 3 N–H and O–H groups in total. The smallest absolute Gasteiger partial charge is 0.145 e. The standard InChI is InChI=1S/C16H27N5/c1-2-6-14-18-15(20-17)11-16(19-14)21-10-5-9-13(21)12-7-3-4-8-12/h11-13H,2-10,17H2,1H3,(H,18,19,20). The molecule has 5 nitrogen and oxygen atoms in total. The number of nitrogens with one attached hydrogen (secondary N) is 1. The number of aromatic nitrogens is 2. The van der Waals surface area contributed by atoms with Crippen LogP contribution in [0.4, 0.5) is 11.6 Å². The second-order valence-corrected chi connectivity index (χ2v) is 6.37. The quantitative estimate of drug-likeness (QED) is 0.644. The zero-order valence-electron chi connectivity index (χ0n) is 13.0. The fourth-order valence-electron chi connectivity index (χ4n) is 3.95. The summed E-state index contributed by atoms with van der Waals surface area (Å²) >= 11 is 0. The molecule has 1 saturated heterocycles. The van der Waals surface area contributed by atoms with Crippen LogP contribution in [0.25, 0.3) is 0 Å². The van der Waals surface area contributed by atoms with Crippen molar-refractivity contribution in [1.29, 1.82) is 0 Å². The Hall–Kier alpha value is -1.36. The number of nitrogen functional groups attached to an aromatic ring is 1. The number of rotatable bonds is 5. The fourth-order valence-corrected chi connectivity index (χ4v) is 3.95. The lowest BCUT2D eigenvalue weighted by Crippen LogP contribution is -2.35. The van der Waals surface area contributed by atoms with Crippen LogP contribution in [-0.2, 0) is 6.42 Å². The van der Waals surface area contributed by atoms with E-state index in [9.17, 15) is 0 Å². The Kier molecular flexibility index (Phi) is 4.58. The van der Waals surface area contributed by atoms with Crippen molar-refractivity contribution in [1.82, 2.24) is 9.97 Å². The maximum atomic E-state index is 5.58. The predicted molar refractivity (Wildman–Crippen MR) is 86.2 cm³/mol. The van der Waals surface area contributed by atoms with Crippen molar-refractivity contribution in [2.45, 2.75) is 64.3 Å². The highest BCUT2D eigenvalue weighted by molar-refractivity contribution is 5.50. The van der Waals surface area contributed by atoms with Crippen molar-refractivity contribution in [3.8, 4) is 0 Å². The fraction of sp³-hybridized carbons (Fsp3) is 0.750. The summed E-state index contributed by atoms with van der Waals surface area (Å²) in [7, 11) is 0. The molecule has 1 aromatic heterocycles. The summed E-state index contributed by atoms with van der Waals surface area (Å²) < 4.78 is 0. The van der Waals surface area contributed by atoms with E-state index < -0.39 is 0 Å². The normalized spacial score (nSPS) is 23.0. The van der Waals surface area contributed by atoms with Crippen LogP contribution in [0.2, 0.25) is 0 Å². The van der Waals surface area contributed by atoms with Gasteiger partial charge in [-0.3, -0.25) is 0 Å². The van der Waals surface area contributed by atoms with Crippen molar-refractivity contribution >= 4 is 11.6 Å². The molecule has 5 heteroatoms. The molecular weight excluding hydrogens is 262 g/mol. The summed E-state index contributed by atoms with van der Waals surface area (Å²) in [6, 6.07) is 2.68. The van der Waals surface area contributed by atoms with Gasteiger partial charge in [-0.2, -0.15) is 0 Å². The Balaban J connectivity index is 1.85. The number of hydrazine groups is 1. The lowest BCUT2D eigenvalue weighted by molar-refractivity contribution is 0.429. The van der Waals surface area contributed by atoms with Crippen molar-refractivity contribution in [3.63, 3.8) is 0 Å². The van der Waals surface area contributed by atoms with E-state index in [1.807, 2.05) is 6.07 Å². The van der Waals surface area contributed by atoms with E-state index in [0.29, 0.717) is 6.04 Å². The van der Waals surface area contributed by atoms with E-state index in [1.165, 1.54) is 38.5 Å². The van der Waals surface area contributed by atoms with Crippen LogP contribution in [0.15, 0.2) is 6.07 Å². The number of aryl methyl sites for hydroxylation is 1. The summed E-state index contributed by atoms with van der Waals surface area (Å²) in [6.07, 6.45) is 10.1. The summed E-state index contributed by atoms with van der Waals surface area (Å²) in [4.78, 5) is 11.8. The van der Waals surface area contributed by atoms with Gasteiger partial charge in [-0.25, -0.2) is 15.8 Å². The van der Waals surface area contributed by atoms with E-state index >= 15 is 0 Å². The second kappa shape index (κ2) is 6.60. The number of hydrogen-bond acceptors (Lipinski definition) is 5. The molecule has 0 radical (unpaired) electrons. The van der Waals surface area contributed by atoms with Gasteiger partial charge in [0.25, 0.3) is 0 Å². The third kappa shape index (κ3) is 3.12. The van der Waals surface area contributed by atoms with Gasteiger partial charge in [-0.1, -0.05) is 19.8 Å². The first kappa shape index (κ1) is 14.6. The Labute approximate surface area is 127 Å². The summed E-state index contributed by atoms with van der Waals surface area (Å²) in [5.41, 5.74) is 2.70. The summed E-state index contributed by atoms with van der Waals surface area (Å²) in [5, 5.41) is 0. The van der Waals surface area contributed by atoms with Crippen molar-refractivity contribution < 1.29 is 0 Å². The topological polar surface area (TPSA) is 67.1 Å². The van der Waals surface area contributed by atoms with Crippen LogP contribution in [-0.4, -0.2) is 22.6 Å². The minimum Gasteiger partial charge on any atom is -0.353 e. The highest BCUT2D eigenvalue weighted by atomic mass is 15.3. The molecule has 1 saturated carbocycles. The SMILES string of the molecule is CCCc1nc(NN)cc(N2CCCC2C2CCCC2)n1. The van der Waals surface area contributed by atoms with Crippen molar-refractivity contribution in [2.75, 3.05) is 16.9 Å². The third-order valence-electron chi connectivity index (χ3n) is 4.92. The van der Waals surface area contributed by atoms with Gasteiger partial charge in [0, 0.05) is 25.1 Å². The molecule has 1 aromatic rings. The molecule has 2 aliphatic rings. The van der Waals surface area contributed by atoms with Gasteiger partial charge < -0.3 is 10.3 Å². The van der Waals surface area contributed by atoms with Gasteiger partial charge in [0.2, 0.25) is 0 Å². The highest BCUT2D eigenvalue weighted by Gasteiger charge is 2.34. The van der Waals surface area contributed by atoms with Gasteiger partial charge in [0.1, 0.15) is 17.5 Å². The highest BCUT2D eigenvalue weighted by Crippen LogP contribution is 2.37. The van der Waals surface area contributed by atoms with Crippen LogP contribution in [0.1, 0.15) is 57.7 Å². The average Bonchev–Trinajstić information content (AvgIpc) is 3.17. The van der Waals surface area contributed by atoms with E-state index in [2.05, 4.69) is 22.2 Å². The first-order valence-corrected chi connectivity index (χ1v) is 8.43. The number of hydrogen-bond donors (Lipinski definition) is 2. The number of anilines is 2. The zero-order chi connectivity index (χ0) is 14.7. The molecule has 0 aromatic carbocycles. The molecule has 1 unspecified atom stereocenters. The molecule has 2 heterocycles. The van der Waals surface area contributed by atoms with E-state index in [4.69, 9.17) is 10.8 Å².